The lowest BCUT2D eigenvalue weighted by Crippen LogP contribution is -2.17. The molecule has 3 heteroatoms. The fraction of sp³-hybridized carbons (Fsp3) is 0.727. The molecular weight excluding hydrogens is 174 g/mol. The first-order valence-corrected chi connectivity index (χ1v) is 5.36. The first kappa shape index (κ1) is 10.9. The summed E-state index contributed by atoms with van der Waals surface area (Å²) < 4.78 is 0. The zero-order valence-corrected chi connectivity index (χ0v) is 8.74. The van der Waals surface area contributed by atoms with Crippen LogP contribution in [0, 0.1) is 17.2 Å². The maximum absolute atomic E-state index is 8.88. The van der Waals surface area contributed by atoms with Gasteiger partial charge in [0.2, 0.25) is 0 Å². The van der Waals surface area contributed by atoms with E-state index in [-0.39, 0.29) is 5.92 Å². The Bertz CT molecular complexity index is 260. The highest BCUT2D eigenvalue weighted by molar-refractivity contribution is 5.89. The molecule has 0 amide bonds. The van der Waals surface area contributed by atoms with Gasteiger partial charge in [0.1, 0.15) is 0 Å². The number of rotatable bonds is 3. The van der Waals surface area contributed by atoms with Gasteiger partial charge in [0, 0.05) is 6.21 Å². The fourth-order valence-electron chi connectivity index (χ4n) is 1.56. The van der Waals surface area contributed by atoms with Crippen molar-refractivity contribution in [1.29, 1.82) is 5.26 Å². The molecule has 0 aromatic carbocycles. The summed E-state index contributed by atoms with van der Waals surface area (Å²) in [5.41, 5.74) is 0.978. The molecule has 1 atom stereocenters. The molecule has 0 spiro atoms. The molecule has 0 aliphatic heterocycles. The van der Waals surface area contributed by atoms with Gasteiger partial charge in [-0.25, -0.2) is 0 Å². The molecule has 1 unspecified atom stereocenters. The summed E-state index contributed by atoms with van der Waals surface area (Å²) in [5, 5.41) is 17.0. The third-order valence-electron chi connectivity index (χ3n) is 2.42. The van der Waals surface area contributed by atoms with Crippen molar-refractivity contribution in [2.75, 3.05) is 0 Å². The SMILES string of the molecule is CCCC=NN=C1CCCCC1C#N. The molecular formula is C11H17N3. The van der Waals surface area contributed by atoms with Crippen molar-refractivity contribution in [2.24, 2.45) is 16.1 Å². The second kappa shape index (κ2) is 6.31. The summed E-state index contributed by atoms with van der Waals surface area (Å²) in [7, 11) is 0. The molecule has 0 saturated heterocycles. The first-order chi connectivity index (χ1) is 6.88. The summed E-state index contributed by atoms with van der Waals surface area (Å²) in [6, 6.07) is 2.29. The Hall–Kier alpha value is -1.17. The van der Waals surface area contributed by atoms with Crippen molar-refractivity contribution in [1.82, 2.24) is 0 Å². The Balaban J connectivity index is 2.51. The second-order valence-corrected chi connectivity index (χ2v) is 3.61. The molecule has 0 radical (unpaired) electrons. The van der Waals surface area contributed by atoms with Crippen molar-refractivity contribution in [2.45, 2.75) is 45.4 Å². The molecule has 1 rings (SSSR count). The van der Waals surface area contributed by atoms with Crippen molar-refractivity contribution in [3.05, 3.63) is 0 Å². The summed E-state index contributed by atoms with van der Waals surface area (Å²) in [6.45, 7) is 2.11. The third kappa shape index (κ3) is 3.29. The van der Waals surface area contributed by atoms with Gasteiger partial charge in [0.25, 0.3) is 0 Å². The van der Waals surface area contributed by atoms with Gasteiger partial charge in [-0.3, -0.25) is 0 Å². The summed E-state index contributed by atoms with van der Waals surface area (Å²) in [6.07, 6.45) is 8.09. The predicted molar refractivity (Wildman–Crippen MR) is 58.4 cm³/mol. The van der Waals surface area contributed by atoms with Crippen LogP contribution in [0.25, 0.3) is 0 Å². The number of hydrogen-bond acceptors (Lipinski definition) is 3. The van der Waals surface area contributed by atoms with Gasteiger partial charge in [-0.2, -0.15) is 15.5 Å². The van der Waals surface area contributed by atoms with Gasteiger partial charge < -0.3 is 0 Å². The first-order valence-electron chi connectivity index (χ1n) is 5.36. The van der Waals surface area contributed by atoms with Crippen LogP contribution in [0.4, 0.5) is 0 Å². The van der Waals surface area contributed by atoms with Crippen molar-refractivity contribution < 1.29 is 0 Å². The molecule has 0 heterocycles. The maximum Gasteiger partial charge on any atom is 0.0864 e. The van der Waals surface area contributed by atoms with E-state index in [0.717, 1.165) is 44.2 Å². The summed E-state index contributed by atoms with van der Waals surface area (Å²) in [4.78, 5) is 0. The molecule has 1 fully saturated rings. The van der Waals surface area contributed by atoms with Gasteiger partial charge in [0.15, 0.2) is 0 Å². The average molecular weight is 191 g/mol. The van der Waals surface area contributed by atoms with E-state index in [4.69, 9.17) is 5.26 Å². The Morgan fingerprint density at radius 3 is 3.14 bits per heavy atom. The Morgan fingerprint density at radius 1 is 1.57 bits per heavy atom. The lowest BCUT2D eigenvalue weighted by molar-refractivity contribution is 0.599. The molecule has 14 heavy (non-hydrogen) atoms. The number of nitriles is 1. The van der Waals surface area contributed by atoms with E-state index in [0.29, 0.717) is 0 Å². The number of hydrogen-bond donors (Lipinski definition) is 0. The highest BCUT2D eigenvalue weighted by Gasteiger charge is 2.19. The van der Waals surface area contributed by atoms with Crippen molar-refractivity contribution in [3.8, 4) is 6.07 Å². The van der Waals surface area contributed by atoms with E-state index in [1.807, 2.05) is 6.21 Å². The molecule has 1 saturated carbocycles. The van der Waals surface area contributed by atoms with Gasteiger partial charge in [0.05, 0.1) is 17.7 Å². The molecule has 1 aliphatic carbocycles. The Kier molecular flexibility index (Phi) is 4.92. The fourth-order valence-corrected chi connectivity index (χ4v) is 1.56. The lowest BCUT2D eigenvalue weighted by atomic mass is 9.88. The molecule has 0 N–H and O–H groups in total. The van der Waals surface area contributed by atoms with Crippen LogP contribution in [0.3, 0.4) is 0 Å². The van der Waals surface area contributed by atoms with Crippen LogP contribution in [0.15, 0.2) is 10.2 Å². The second-order valence-electron chi connectivity index (χ2n) is 3.61. The predicted octanol–water partition coefficient (Wildman–Crippen LogP) is 2.93. The topological polar surface area (TPSA) is 48.5 Å². The minimum absolute atomic E-state index is 0.0162. The smallest absolute Gasteiger partial charge is 0.0864 e. The van der Waals surface area contributed by atoms with Crippen LogP contribution >= 0.6 is 0 Å². The average Bonchev–Trinajstić information content (AvgIpc) is 2.25. The van der Waals surface area contributed by atoms with Crippen LogP contribution in [-0.2, 0) is 0 Å². The highest BCUT2D eigenvalue weighted by Crippen LogP contribution is 2.21. The highest BCUT2D eigenvalue weighted by atomic mass is 15.2. The zero-order valence-electron chi connectivity index (χ0n) is 8.74. The van der Waals surface area contributed by atoms with Crippen LogP contribution in [-0.4, -0.2) is 11.9 Å². The minimum Gasteiger partial charge on any atom is -0.198 e. The van der Waals surface area contributed by atoms with Crippen molar-refractivity contribution in [3.63, 3.8) is 0 Å². The van der Waals surface area contributed by atoms with E-state index in [1.165, 1.54) is 0 Å². The molecule has 1 aliphatic rings. The van der Waals surface area contributed by atoms with Gasteiger partial charge in [-0.05, 0) is 25.7 Å². The van der Waals surface area contributed by atoms with E-state index in [9.17, 15) is 0 Å². The Labute approximate surface area is 85.5 Å². The Morgan fingerprint density at radius 2 is 2.43 bits per heavy atom. The van der Waals surface area contributed by atoms with Gasteiger partial charge in [-0.15, -0.1) is 0 Å². The van der Waals surface area contributed by atoms with E-state index in [1.54, 1.807) is 0 Å². The van der Waals surface area contributed by atoms with Crippen LogP contribution in [0.1, 0.15) is 45.4 Å². The zero-order chi connectivity index (χ0) is 10.2. The number of unbranched alkanes of at least 4 members (excludes halogenated alkanes) is 1. The van der Waals surface area contributed by atoms with Gasteiger partial charge >= 0.3 is 0 Å². The normalized spacial score (nSPS) is 25.4. The molecule has 0 bridgehead atoms. The molecule has 3 nitrogen and oxygen atoms in total. The van der Waals surface area contributed by atoms with E-state index >= 15 is 0 Å². The molecule has 0 aromatic rings. The molecule has 0 aromatic heterocycles. The van der Waals surface area contributed by atoms with Crippen LogP contribution in [0.2, 0.25) is 0 Å². The lowest BCUT2D eigenvalue weighted by Gasteiger charge is -2.16. The van der Waals surface area contributed by atoms with E-state index < -0.39 is 0 Å². The minimum atomic E-state index is 0.0162. The molecule has 76 valence electrons. The third-order valence-corrected chi connectivity index (χ3v) is 2.42. The standard InChI is InChI=1S/C11H17N3/c1-2-3-8-13-14-11-7-5-4-6-10(11)9-12/h8,10H,2-7H2,1H3. The monoisotopic (exact) mass is 191 g/mol. The van der Waals surface area contributed by atoms with Crippen LogP contribution < -0.4 is 0 Å². The maximum atomic E-state index is 8.88. The number of nitrogens with zero attached hydrogens (tertiary/aromatic N) is 3. The van der Waals surface area contributed by atoms with E-state index in [2.05, 4.69) is 23.2 Å². The largest absolute Gasteiger partial charge is 0.198 e. The van der Waals surface area contributed by atoms with Gasteiger partial charge in [-0.1, -0.05) is 19.8 Å². The van der Waals surface area contributed by atoms with Crippen LogP contribution in [0.5, 0.6) is 0 Å². The van der Waals surface area contributed by atoms with Crippen molar-refractivity contribution >= 4 is 11.9 Å². The summed E-state index contributed by atoms with van der Waals surface area (Å²) >= 11 is 0. The quantitative estimate of drug-likeness (QED) is 0.499. The summed E-state index contributed by atoms with van der Waals surface area (Å²) in [5.74, 6) is 0.0162.